The van der Waals surface area contributed by atoms with Gasteiger partial charge in [0.05, 0.1) is 0 Å². The van der Waals surface area contributed by atoms with Gasteiger partial charge in [0.15, 0.2) is 0 Å². The van der Waals surface area contributed by atoms with E-state index in [1.165, 1.54) is 0 Å². The smallest absolute Gasteiger partial charge is 0.321 e. The molecule has 1 heterocycles. The average Bonchev–Trinajstić information content (AvgIpc) is 2.35. The van der Waals surface area contributed by atoms with Crippen LogP contribution in [-0.2, 0) is 0 Å². The first kappa shape index (κ1) is 14.1. The number of piperidine rings is 1. The molecule has 0 aromatic carbocycles. The van der Waals surface area contributed by atoms with E-state index in [0.717, 1.165) is 12.8 Å². The number of alkyl halides is 1. The van der Waals surface area contributed by atoms with Crippen molar-refractivity contribution in [1.82, 2.24) is 10.2 Å². The number of nitrogens with one attached hydrogen (secondary N) is 1. The van der Waals surface area contributed by atoms with Crippen molar-refractivity contribution in [3.8, 4) is 0 Å². The van der Waals surface area contributed by atoms with Crippen LogP contribution in [0, 0.1) is 0 Å². The van der Waals surface area contributed by atoms with Crippen LogP contribution in [0.5, 0.6) is 0 Å². The molecule has 0 unspecified atom stereocenters. The number of rotatable bonds is 4. The molecule has 0 aliphatic carbocycles. The van der Waals surface area contributed by atoms with E-state index in [0.29, 0.717) is 31.1 Å². The summed E-state index contributed by atoms with van der Waals surface area (Å²) < 4.78 is 0. The predicted molar refractivity (Wildman–Crippen MR) is 70.9 cm³/mol. The lowest BCUT2D eigenvalue weighted by molar-refractivity contribution is 0.185. The van der Waals surface area contributed by atoms with Crippen molar-refractivity contribution in [1.29, 1.82) is 0 Å². The summed E-state index contributed by atoms with van der Waals surface area (Å²) in [6.07, 6.45) is 5.94. The normalized spacial score (nSPS) is 18.0. The van der Waals surface area contributed by atoms with Gasteiger partial charge in [-0.2, -0.15) is 0 Å². The highest BCUT2D eigenvalue weighted by Crippen LogP contribution is 2.08. The number of allylic oxidation sites excluding steroid dienone is 2. The van der Waals surface area contributed by atoms with Gasteiger partial charge in [-0.3, -0.25) is 0 Å². The van der Waals surface area contributed by atoms with E-state index >= 15 is 0 Å². The SMILES string of the molecule is C=C/C(=C\CCCl)NC(=O)N1CCC(N)CC1. The third-order valence-electron chi connectivity index (χ3n) is 2.77. The minimum atomic E-state index is -0.0855. The first-order valence-electron chi connectivity index (χ1n) is 5.87. The molecule has 3 N–H and O–H groups in total. The summed E-state index contributed by atoms with van der Waals surface area (Å²) in [6.45, 7) is 5.09. The minimum Gasteiger partial charge on any atom is -0.328 e. The summed E-state index contributed by atoms with van der Waals surface area (Å²) >= 11 is 5.59. The molecular formula is C12H20ClN3O. The number of nitrogens with zero attached hydrogens (tertiary/aromatic N) is 1. The summed E-state index contributed by atoms with van der Waals surface area (Å²) in [7, 11) is 0. The lowest BCUT2D eigenvalue weighted by atomic mass is 10.1. The Bertz CT molecular complexity index is 296. The Morgan fingerprint density at radius 3 is 2.71 bits per heavy atom. The lowest BCUT2D eigenvalue weighted by Crippen LogP contribution is -2.46. The Labute approximate surface area is 107 Å². The molecule has 96 valence electrons. The molecule has 0 radical (unpaired) electrons. The third kappa shape index (κ3) is 4.79. The highest BCUT2D eigenvalue weighted by atomic mass is 35.5. The number of hydrogen-bond acceptors (Lipinski definition) is 2. The van der Waals surface area contributed by atoms with Crippen molar-refractivity contribution in [3.05, 3.63) is 24.4 Å². The molecule has 1 saturated heterocycles. The van der Waals surface area contributed by atoms with Crippen LogP contribution < -0.4 is 11.1 Å². The molecule has 1 fully saturated rings. The van der Waals surface area contributed by atoms with E-state index < -0.39 is 0 Å². The largest absolute Gasteiger partial charge is 0.328 e. The third-order valence-corrected chi connectivity index (χ3v) is 2.99. The van der Waals surface area contributed by atoms with Crippen LogP contribution in [0.4, 0.5) is 4.79 Å². The number of amides is 2. The Hall–Kier alpha value is -1.00. The molecule has 2 amide bonds. The monoisotopic (exact) mass is 257 g/mol. The molecule has 5 heteroatoms. The number of carbonyl (C=O) groups excluding carboxylic acids is 1. The Morgan fingerprint density at radius 1 is 1.53 bits per heavy atom. The van der Waals surface area contributed by atoms with Gasteiger partial charge in [0.1, 0.15) is 0 Å². The average molecular weight is 258 g/mol. The molecule has 0 bridgehead atoms. The maximum absolute atomic E-state index is 11.9. The lowest BCUT2D eigenvalue weighted by Gasteiger charge is -2.30. The van der Waals surface area contributed by atoms with Gasteiger partial charge in [-0.05, 0) is 25.3 Å². The number of carbonyl (C=O) groups is 1. The van der Waals surface area contributed by atoms with E-state index in [1.54, 1.807) is 11.0 Å². The van der Waals surface area contributed by atoms with Gasteiger partial charge in [-0.25, -0.2) is 4.79 Å². The molecular weight excluding hydrogens is 238 g/mol. The fourth-order valence-electron chi connectivity index (χ4n) is 1.70. The van der Waals surface area contributed by atoms with Crippen LogP contribution in [0.2, 0.25) is 0 Å². The minimum absolute atomic E-state index is 0.0855. The summed E-state index contributed by atoms with van der Waals surface area (Å²) in [5.74, 6) is 0.534. The summed E-state index contributed by atoms with van der Waals surface area (Å²) in [6, 6.07) is 0.141. The van der Waals surface area contributed by atoms with Crippen molar-refractivity contribution in [2.45, 2.75) is 25.3 Å². The second-order valence-corrected chi connectivity index (χ2v) is 4.47. The zero-order chi connectivity index (χ0) is 12.7. The Morgan fingerprint density at radius 2 is 2.18 bits per heavy atom. The molecule has 1 aliphatic heterocycles. The molecule has 0 spiro atoms. The van der Waals surface area contributed by atoms with Gasteiger partial charge in [0.2, 0.25) is 0 Å². The maximum Gasteiger partial charge on any atom is 0.321 e. The zero-order valence-corrected chi connectivity index (χ0v) is 10.7. The predicted octanol–water partition coefficient (Wildman–Crippen LogP) is 1.82. The van der Waals surface area contributed by atoms with E-state index in [-0.39, 0.29) is 12.1 Å². The Kier molecular flexibility index (Phi) is 6.08. The number of urea groups is 1. The molecule has 0 aromatic rings. The summed E-state index contributed by atoms with van der Waals surface area (Å²) in [4.78, 5) is 13.7. The van der Waals surface area contributed by atoms with Crippen LogP contribution in [0.1, 0.15) is 19.3 Å². The number of hydrogen-bond donors (Lipinski definition) is 2. The topological polar surface area (TPSA) is 58.4 Å². The second kappa shape index (κ2) is 7.35. The molecule has 0 atom stereocenters. The number of nitrogens with two attached hydrogens (primary N) is 1. The first-order valence-corrected chi connectivity index (χ1v) is 6.41. The summed E-state index contributed by atoms with van der Waals surface area (Å²) in [5, 5.41) is 2.82. The standard InChI is InChI=1S/C12H20ClN3O/c1-2-11(4-3-7-13)15-12(17)16-8-5-10(14)6-9-16/h2,4,10H,1,3,5-9,14H2,(H,15,17)/b11-4+. The maximum atomic E-state index is 11.9. The van der Waals surface area contributed by atoms with Crippen LogP contribution in [0.15, 0.2) is 24.4 Å². The van der Waals surface area contributed by atoms with Crippen LogP contribution in [0.25, 0.3) is 0 Å². The second-order valence-electron chi connectivity index (χ2n) is 4.10. The van der Waals surface area contributed by atoms with Crippen LogP contribution in [-0.4, -0.2) is 35.9 Å². The summed E-state index contributed by atoms with van der Waals surface area (Å²) in [5.41, 5.74) is 6.50. The van der Waals surface area contributed by atoms with Gasteiger partial charge < -0.3 is 16.0 Å². The van der Waals surface area contributed by atoms with Crippen LogP contribution >= 0.6 is 11.6 Å². The molecule has 1 aliphatic rings. The zero-order valence-electron chi connectivity index (χ0n) is 9.99. The van der Waals surface area contributed by atoms with E-state index in [9.17, 15) is 4.79 Å². The van der Waals surface area contributed by atoms with Crippen molar-refractivity contribution in [2.24, 2.45) is 5.73 Å². The van der Waals surface area contributed by atoms with E-state index in [2.05, 4.69) is 11.9 Å². The van der Waals surface area contributed by atoms with Crippen LogP contribution in [0.3, 0.4) is 0 Å². The highest BCUT2D eigenvalue weighted by Gasteiger charge is 2.20. The quantitative estimate of drug-likeness (QED) is 0.596. The van der Waals surface area contributed by atoms with Crippen molar-refractivity contribution in [2.75, 3.05) is 19.0 Å². The van der Waals surface area contributed by atoms with Gasteiger partial charge >= 0.3 is 6.03 Å². The van der Waals surface area contributed by atoms with Crippen molar-refractivity contribution >= 4 is 17.6 Å². The van der Waals surface area contributed by atoms with Gasteiger partial charge in [0.25, 0.3) is 0 Å². The van der Waals surface area contributed by atoms with Gasteiger partial charge in [-0.1, -0.05) is 12.7 Å². The van der Waals surface area contributed by atoms with Gasteiger partial charge in [0, 0.05) is 30.7 Å². The van der Waals surface area contributed by atoms with Crippen molar-refractivity contribution < 1.29 is 4.79 Å². The number of likely N-dealkylation sites (tertiary alicyclic amines) is 1. The molecule has 0 aromatic heterocycles. The molecule has 1 rings (SSSR count). The van der Waals surface area contributed by atoms with Gasteiger partial charge in [-0.15, -0.1) is 11.6 Å². The number of halogens is 1. The van der Waals surface area contributed by atoms with E-state index in [4.69, 9.17) is 17.3 Å². The first-order chi connectivity index (χ1) is 8.17. The molecule has 0 saturated carbocycles. The highest BCUT2D eigenvalue weighted by molar-refractivity contribution is 6.17. The van der Waals surface area contributed by atoms with Crippen molar-refractivity contribution in [3.63, 3.8) is 0 Å². The fourth-order valence-corrected chi connectivity index (χ4v) is 1.81. The van der Waals surface area contributed by atoms with E-state index in [1.807, 2.05) is 6.08 Å². The molecule has 4 nitrogen and oxygen atoms in total. The molecule has 17 heavy (non-hydrogen) atoms. The Balaban J connectivity index is 2.44. The fraction of sp³-hybridized carbons (Fsp3) is 0.583.